The third-order valence-corrected chi connectivity index (χ3v) is 7.56. The number of anilines is 1. The zero-order chi connectivity index (χ0) is 24.9. The molecular weight excluding hydrogens is 509 g/mol. The number of hydrogen-bond acceptors (Lipinski definition) is 7. The average Bonchev–Trinajstić information content (AvgIpc) is 3.18. The van der Waals surface area contributed by atoms with E-state index in [1.165, 1.54) is 23.9 Å². The number of benzene rings is 2. The van der Waals surface area contributed by atoms with Gasteiger partial charge in [-0.1, -0.05) is 67.0 Å². The van der Waals surface area contributed by atoms with E-state index < -0.39 is 11.0 Å². The average molecular weight is 530 g/mol. The molecule has 1 aliphatic heterocycles. The van der Waals surface area contributed by atoms with Crippen LogP contribution in [0.5, 0.6) is 0 Å². The Bertz CT molecular complexity index is 1380. The molecule has 1 aromatic heterocycles. The molecule has 11 heteroatoms. The predicted molar refractivity (Wildman–Crippen MR) is 136 cm³/mol. The van der Waals surface area contributed by atoms with Gasteiger partial charge in [0, 0.05) is 51.2 Å². The molecule has 8 nitrogen and oxygen atoms in total. The van der Waals surface area contributed by atoms with E-state index in [1.807, 2.05) is 6.07 Å². The fourth-order valence-electron chi connectivity index (χ4n) is 4.52. The van der Waals surface area contributed by atoms with Crippen LogP contribution in [0.25, 0.3) is 0 Å². The molecule has 1 N–H and O–H groups in total. The molecule has 2 aliphatic rings. The van der Waals surface area contributed by atoms with Gasteiger partial charge in [-0.3, -0.25) is 14.9 Å². The summed E-state index contributed by atoms with van der Waals surface area (Å²) in [5, 5.41) is 20.4. The van der Waals surface area contributed by atoms with Gasteiger partial charge in [0.2, 0.25) is 11.1 Å². The minimum Gasteiger partial charge on any atom is -0.328 e. The summed E-state index contributed by atoms with van der Waals surface area (Å²) in [5.74, 6) is 1.13. The highest BCUT2D eigenvalue weighted by Gasteiger charge is 2.42. The summed E-state index contributed by atoms with van der Waals surface area (Å²) in [4.78, 5) is 28.5. The summed E-state index contributed by atoms with van der Waals surface area (Å²) < 4.78 is 1.71. The molecule has 0 radical (unpaired) electrons. The first kappa shape index (κ1) is 23.8. The van der Waals surface area contributed by atoms with Gasteiger partial charge in [0.05, 0.1) is 4.92 Å². The Morgan fingerprint density at radius 1 is 1.20 bits per heavy atom. The Hall–Kier alpha value is -2.88. The van der Waals surface area contributed by atoms with E-state index in [1.54, 1.807) is 28.9 Å². The number of ketones is 1. The lowest BCUT2D eigenvalue weighted by atomic mass is 9.73. The lowest BCUT2D eigenvalue weighted by molar-refractivity contribution is -0.384. The molecule has 0 saturated carbocycles. The van der Waals surface area contributed by atoms with Crippen LogP contribution >= 0.6 is 35.0 Å². The number of carbonyl (C=O) groups is 1. The van der Waals surface area contributed by atoms with Crippen LogP contribution in [0.3, 0.4) is 0 Å². The number of Topliss-reactive ketones (excluding diaryl/α,β-unsaturated/α-hetero) is 1. The van der Waals surface area contributed by atoms with Crippen molar-refractivity contribution < 1.29 is 9.72 Å². The van der Waals surface area contributed by atoms with Gasteiger partial charge in [-0.25, -0.2) is 4.68 Å². The maximum atomic E-state index is 13.3. The first-order valence-corrected chi connectivity index (χ1v) is 12.7. The molecule has 2 heterocycles. The zero-order valence-electron chi connectivity index (χ0n) is 18.9. The van der Waals surface area contributed by atoms with Crippen molar-refractivity contribution in [2.75, 3.05) is 5.32 Å². The summed E-state index contributed by atoms with van der Waals surface area (Å²) in [6.45, 7) is 4.15. The molecule has 0 spiro atoms. The van der Waals surface area contributed by atoms with Crippen molar-refractivity contribution in [2.45, 2.75) is 43.6 Å². The minimum absolute atomic E-state index is 0.0467. The highest BCUT2D eigenvalue weighted by molar-refractivity contribution is 7.98. The molecule has 0 amide bonds. The Balaban J connectivity index is 1.50. The van der Waals surface area contributed by atoms with Gasteiger partial charge in [0.1, 0.15) is 6.04 Å². The summed E-state index contributed by atoms with van der Waals surface area (Å²) in [5.41, 5.74) is 3.01. The largest absolute Gasteiger partial charge is 0.328 e. The van der Waals surface area contributed by atoms with E-state index in [0.29, 0.717) is 45.3 Å². The summed E-state index contributed by atoms with van der Waals surface area (Å²) in [6, 6.07) is 11.1. The molecular formula is C24H21Cl2N5O3S. The van der Waals surface area contributed by atoms with Crippen molar-refractivity contribution in [2.24, 2.45) is 5.41 Å². The Labute approximate surface area is 215 Å². The molecule has 0 bridgehead atoms. The molecule has 1 aliphatic carbocycles. The second-order valence-electron chi connectivity index (χ2n) is 9.40. The van der Waals surface area contributed by atoms with E-state index in [9.17, 15) is 14.9 Å². The van der Waals surface area contributed by atoms with E-state index in [4.69, 9.17) is 28.3 Å². The number of nitrogens with zero attached hydrogens (tertiary/aromatic N) is 4. The molecule has 5 rings (SSSR count). The number of non-ortho nitro benzene ring substituents is 1. The van der Waals surface area contributed by atoms with Gasteiger partial charge in [0.25, 0.3) is 5.69 Å². The number of nitro benzene ring substituents is 1. The van der Waals surface area contributed by atoms with Crippen LogP contribution in [0, 0.1) is 15.5 Å². The number of nitro groups is 1. The maximum absolute atomic E-state index is 13.3. The van der Waals surface area contributed by atoms with Crippen molar-refractivity contribution >= 4 is 52.4 Å². The van der Waals surface area contributed by atoms with Crippen LogP contribution in [0.4, 0.5) is 11.6 Å². The Kier molecular flexibility index (Phi) is 6.11. The minimum atomic E-state index is -0.518. The molecule has 3 aromatic rings. The second kappa shape index (κ2) is 8.96. The van der Waals surface area contributed by atoms with E-state index in [0.717, 1.165) is 16.8 Å². The maximum Gasteiger partial charge on any atom is 0.269 e. The van der Waals surface area contributed by atoms with E-state index in [2.05, 4.69) is 24.1 Å². The quantitative estimate of drug-likeness (QED) is 0.230. The van der Waals surface area contributed by atoms with Crippen LogP contribution in [0.1, 0.15) is 43.9 Å². The number of allylic oxidation sites excluding steroid dienone is 2. The Morgan fingerprint density at radius 2 is 1.94 bits per heavy atom. The smallest absolute Gasteiger partial charge is 0.269 e. The number of aromatic nitrogens is 3. The topological polar surface area (TPSA) is 103 Å². The third-order valence-electron chi connectivity index (χ3n) is 6.08. The molecule has 0 fully saturated rings. The van der Waals surface area contributed by atoms with Crippen LogP contribution in [-0.2, 0) is 10.5 Å². The molecule has 1 unspecified atom stereocenters. The van der Waals surface area contributed by atoms with Crippen molar-refractivity contribution in [3.63, 3.8) is 0 Å². The van der Waals surface area contributed by atoms with Crippen molar-refractivity contribution in [1.82, 2.24) is 14.8 Å². The Morgan fingerprint density at radius 3 is 2.63 bits per heavy atom. The van der Waals surface area contributed by atoms with Crippen LogP contribution < -0.4 is 5.32 Å². The summed E-state index contributed by atoms with van der Waals surface area (Å²) in [7, 11) is 0. The van der Waals surface area contributed by atoms with Gasteiger partial charge in [-0.2, -0.15) is 4.98 Å². The summed E-state index contributed by atoms with van der Waals surface area (Å²) >= 11 is 14.1. The fourth-order valence-corrected chi connectivity index (χ4v) is 5.82. The fraction of sp³-hybridized carbons (Fsp3) is 0.292. The number of halogens is 2. The molecule has 1 atom stereocenters. The third kappa shape index (κ3) is 4.68. The van der Waals surface area contributed by atoms with Crippen molar-refractivity contribution in [3.05, 3.63) is 85.0 Å². The summed E-state index contributed by atoms with van der Waals surface area (Å²) in [6.07, 6.45) is 1.13. The number of nitrogens with one attached hydrogen (secondary N) is 1. The first-order valence-electron chi connectivity index (χ1n) is 10.9. The monoisotopic (exact) mass is 529 g/mol. The highest BCUT2D eigenvalue weighted by Crippen LogP contribution is 2.47. The lowest BCUT2D eigenvalue weighted by Gasteiger charge is -2.38. The number of carbonyl (C=O) groups excluding carboxylic acids is 1. The van der Waals surface area contributed by atoms with Gasteiger partial charge in [0.15, 0.2) is 5.78 Å². The van der Waals surface area contributed by atoms with Gasteiger partial charge in [-0.15, -0.1) is 5.10 Å². The van der Waals surface area contributed by atoms with Gasteiger partial charge in [-0.05, 0) is 29.5 Å². The number of hydrogen-bond donors (Lipinski definition) is 1. The molecule has 2 aromatic carbocycles. The number of thioether (sulfide) groups is 1. The number of fused-ring (bicyclic) bond motifs is 1. The van der Waals surface area contributed by atoms with Gasteiger partial charge < -0.3 is 5.32 Å². The van der Waals surface area contributed by atoms with Crippen molar-refractivity contribution in [3.8, 4) is 0 Å². The highest BCUT2D eigenvalue weighted by atomic mass is 35.5. The van der Waals surface area contributed by atoms with Crippen molar-refractivity contribution in [1.29, 1.82) is 0 Å². The van der Waals surface area contributed by atoms with Crippen LogP contribution in [0.2, 0.25) is 10.0 Å². The second-order valence-corrected chi connectivity index (χ2v) is 11.2. The van der Waals surface area contributed by atoms with Crippen LogP contribution in [-0.4, -0.2) is 25.5 Å². The zero-order valence-corrected chi connectivity index (χ0v) is 21.2. The number of rotatable bonds is 5. The van der Waals surface area contributed by atoms with Crippen LogP contribution in [0.15, 0.2) is 58.9 Å². The molecule has 35 heavy (non-hydrogen) atoms. The molecule has 180 valence electrons. The SMILES string of the molecule is CC1(C)CC(=O)C2=C(C1)Nc1nc(SCc3ccc([N+](=O)[O-])cc3)nn1C2c1ccc(Cl)cc1Cl. The normalized spacial score (nSPS) is 18.6. The first-order chi connectivity index (χ1) is 16.6. The predicted octanol–water partition coefficient (Wildman–Crippen LogP) is 6.44. The van der Waals surface area contributed by atoms with E-state index in [-0.39, 0.29) is 16.9 Å². The molecule has 0 saturated heterocycles. The standard InChI is InChI=1S/C24H21Cl2N5O3S/c1-24(2)10-18-20(19(32)11-24)21(16-8-5-14(25)9-17(16)26)30-22(27-18)28-23(29-30)35-12-13-3-6-15(7-4-13)31(33)34/h3-9,21H,10-12H2,1-2H3,(H,27,28,29). The van der Waals surface area contributed by atoms with Gasteiger partial charge >= 0.3 is 0 Å². The van der Waals surface area contributed by atoms with E-state index >= 15 is 0 Å². The lowest BCUT2D eigenvalue weighted by Crippen LogP contribution is -2.36.